The lowest BCUT2D eigenvalue weighted by Gasteiger charge is -2.25. The van der Waals surface area contributed by atoms with Gasteiger partial charge in [-0.3, -0.25) is 13.8 Å². The first kappa shape index (κ1) is 23.5. The number of anilines is 2. The summed E-state index contributed by atoms with van der Waals surface area (Å²) in [7, 11) is -2.33. The molecule has 3 aromatic rings. The van der Waals surface area contributed by atoms with Gasteiger partial charge in [-0.05, 0) is 62.1 Å². The lowest BCUT2D eigenvalue weighted by molar-refractivity contribution is -0.114. The summed E-state index contributed by atoms with van der Waals surface area (Å²) in [6, 6.07) is 14.7. The molecular weight excluding hydrogens is 424 g/mol. The summed E-state index contributed by atoms with van der Waals surface area (Å²) in [6.45, 7) is 9.08. The summed E-state index contributed by atoms with van der Waals surface area (Å²) in [5, 5.41) is 7.06. The Balaban J connectivity index is 2.02. The van der Waals surface area contributed by atoms with Crippen molar-refractivity contribution in [3.63, 3.8) is 0 Å². The van der Waals surface area contributed by atoms with Crippen molar-refractivity contribution >= 4 is 27.3 Å². The normalized spacial score (nSPS) is 11.6. The number of carbonyl (C=O) groups is 1. The number of sulfonamides is 1. The number of nitrogens with one attached hydrogen (secondary N) is 1. The van der Waals surface area contributed by atoms with E-state index in [0.717, 1.165) is 15.4 Å². The van der Waals surface area contributed by atoms with E-state index in [-0.39, 0.29) is 11.4 Å². The molecule has 8 heteroatoms. The largest absolute Gasteiger partial charge is 0.325 e. The average Bonchev–Trinajstić information content (AvgIpc) is 2.98. The second kappa shape index (κ2) is 9.16. The predicted octanol–water partition coefficient (Wildman–Crippen LogP) is 4.30. The zero-order valence-electron chi connectivity index (χ0n) is 19.4. The zero-order valence-corrected chi connectivity index (χ0v) is 20.2. The molecule has 0 aliphatic rings. The first-order valence-corrected chi connectivity index (χ1v) is 11.9. The van der Waals surface area contributed by atoms with Crippen LogP contribution in [0.25, 0.3) is 0 Å². The summed E-state index contributed by atoms with van der Waals surface area (Å²) in [5.74, 6) is -0.118. The van der Waals surface area contributed by atoms with E-state index in [1.165, 1.54) is 4.68 Å². The van der Waals surface area contributed by atoms with Crippen LogP contribution in [0, 0.1) is 20.8 Å². The van der Waals surface area contributed by atoms with E-state index in [4.69, 9.17) is 0 Å². The highest BCUT2D eigenvalue weighted by Crippen LogP contribution is 2.29. The summed E-state index contributed by atoms with van der Waals surface area (Å²) < 4.78 is 30.2. The third kappa shape index (κ3) is 4.85. The predicted molar refractivity (Wildman–Crippen MR) is 128 cm³/mol. The second-order valence-corrected chi connectivity index (χ2v) is 10.1. The van der Waals surface area contributed by atoms with Crippen molar-refractivity contribution in [1.82, 2.24) is 9.78 Å². The molecule has 7 nitrogen and oxygen atoms in total. The maximum absolute atomic E-state index is 13.7. The maximum Gasteiger partial charge on any atom is 0.268 e. The van der Waals surface area contributed by atoms with E-state index in [1.807, 2.05) is 37.3 Å². The SMILES string of the molecule is Cc1cccc(NC(=O)CN(c2ccc(C(C)C)cc2)S(=O)(=O)c2c(C)nn(C)c2C)c1. The minimum absolute atomic E-state index is 0.122. The number of benzene rings is 2. The summed E-state index contributed by atoms with van der Waals surface area (Å²) in [4.78, 5) is 13.0. The lowest BCUT2D eigenvalue weighted by atomic mass is 10.0. The van der Waals surface area contributed by atoms with Crippen LogP contribution in [0.5, 0.6) is 0 Å². The van der Waals surface area contributed by atoms with Crippen molar-refractivity contribution in [2.45, 2.75) is 45.4 Å². The van der Waals surface area contributed by atoms with Crippen LogP contribution in [0.15, 0.2) is 53.4 Å². The van der Waals surface area contributed by atoms with Gasteiger partial charge in [0.05, 0.1) is 17.1 Å². The molecule has 0 radical (unpaired) electrons. The molecule has 0 spiro atoms. The van der Waals surface area contributed by atoms with Crippen LogP contribution in [-0.4, -0.2) is 30.7 Å². The van der Waals surface area contributed by atoms with E-state index in [9.17, 15) is 13.2 Å². The molecule has 1 heterocycles. The Morgan fingerprint density at radius 3 is 2.28 bits per heavy atom. The van der Waals surface area contributed by atoms with Gasteiger partial charge in [0.2, 0.25) is 5.91 Å². The van der Waals surface area contributed by atoms with Gasteiger partial charge in [-0.15, -0.1) is 0 Å². The minimum Gasteiger partial charge on any atom is -0.325 e. The Bertz CT molecular complexity index is 1230. The third-order valence-corrected chi connectivity index (χ3v) is 7.45. The molecule has 0 bridgehead atoms. The molecule has 1 N–H and O–H groups in total. The van der Waals surface area contributed by atoms with Gasteiger partial charge in [0.15, 0.2) is 0 Å². The monoisotopic (exact) mass is 454 g/mol. The number of amides is 1. The number of rotatable bonds is 7. The Labute approximate surface area is 190 Å². The Kier molecular flexibility index (Phi) is 6.74. The Hall–Kier alpha value is -3.13. The Morgan fingerprint density at radius 2 is 1.75 bits per heavy atom. The van der Waals surface area contributed by atoms with Crippen molar-refractivity contribution in [2.75, 3.05) is 16.2 Å². The van der Waals surface area contributed by atoms with E-state index < -0.39 is 15.9 Å². The number of aryl methyl sites for hydroxylation is 3. The van der Waals surface area contributed by atoms with Crippen LogP contribution >= 0.6 is 0 Å². The van der Waals surface area contributed by atoms with E-state index in [2.05, 4.69) is 24.3 Å². The Morgan fingerprint density at radius 1 is 1.09 bits per heavy atom. The first-order chi connectivity index (χ1) is 15.0. The van der Waals surface area contributed by atoms with Crippen LogP contribution < -0.4 is 9.62 Å². The molecule has 0 saturated carbocycles. The summed E-state index contributed by atoms with van der Waals surface area (Å²) in [5.41, 5.74) is 4.05. The van der Waals surface area contributed by atoms with Gasteiger partial charge in [0.1, 0.15) is 11.4 Å². The van der Waals surface area contributed by atoms with Crippen LogP contribution in [0.3, 0.4) is 0 Å². The molecule has 0 unspecified atom stereocenters. The van der Waals surface area contributed by atoms with Gasteiger partial charge >= 0.3 is 0 Å². The van der Waals surface area contributed by atoms with Crippen LogP contribution in [0.4, 0.5) is 11.4 Å². The van der Waals surface area contributed by atoms with Crippen LogP contribution in [-0.2, 0) is 21.9 Å². The number of hydrogen-bond donors (Lipinski definition) is 1. The number of nitrogens with zero attached hydrogens (tertiary/aromatic N) is 3. The highest BCUT2D eigenvalue weighted by Gasteiger charge is 2.32. The van der Waals surface area contributed by atoms with Gasteiger partial charge in [0, 0.05) is 12.7 Å². The number of carbonyl (C=O) groups excluding carboxylic acids is 1. The molecule has 1 aromatic heterocycles. The summed E-state index contributed by atoms with van der Waals surface area (Å²) >= 11 is 0. The smallest absolute Gasteiger partial charge is 0.268 e. The molecule has 3 rings (SSSR count). The van der Waals surface area contributed by atoms with Gasteiger partial charge < -0.3 is 5.32 Å². The van der Waals surface area contributed by atoms with Crippen molar-refractivity contribution in [2.24, 2.45) is 7.05 Å². The van der Waals surface area contributed by atoms with Crippen molar-refractivity contribution in [3.05, 3.63) is 71.0 Å². The number of hydrogen-bond acceptors (Lipinski definition) is 4. The average molecular weight is 455 g/mol. The third-order valence-electron chi connectivity index (χ3n) is 5.43. The molecule has 2 aromatic carbocycles. The van der Waals surface area contributed by atoms with E-state index >= 15 is 0 Å². The molecule has 0 saturated heterocycles. The van der Waals surface area contributed by atoms with Crippen molar-refractivity contribution in [3.8, 4) is 0 Å². The van der Waals surface area contributed by atoms with Gasteiger partial charge in [-0.25, -0.2) is 8.42 Å². The molecule has 170 valence electrons. The quantitative estimate of drug-likeness (QED) is 0.577. The zero-order chi connectivity index (χ0) is 23.6. The van der Waals surface area contributed by atoms with Crippen LogP contribution in [0.1, 0.15) is 42.3 Å². The van der Waals surface area contributed by atoms with E-state index in [0.29, 0.717) is 28.7 Å². The molecule has 0 atom stereocenters. The highest BCUT2D eigenvalue weighted by molar-refractivity contribution is 7.93. The summed E-state index contributed by atoms with van der Waals surface area (Å²) in [6.07, 6.45) is 0. The highest BCUT2D eigenvalue weighted by atomic mass is 32.2. The lowest BCUT2D eigenvalue weighted by Crippen LogP contribution is -2.38. The maximum atomic E-state index is 13.7. The van der Waals surface area contributed by atoms with Crippen molar-refractivity contribution < 1.29 is 13.2 Å². The van der Waals surface area contributed by atoms with Crippen molar-refractivity contribution in [1.29, 1.82) is 0 Å². The topological polar surface area (TPSA) is 84.3 Å². The molecule has 1 amide bonds. The molecule has 0 aliphatic heterocycles. The molecule has 0 aliphatic carbocycles. The standard InChI is InChI=1S/C24H30N4O3S/c1-16(2)20-10-12-22(13-11-20)28(15-23(29)25-21-9-7-8-17(3)14-21)32(30,31)24-18(4)26-27(6)19(24)5/h7-14,16H,15H2,1-6H3,(H,25,29). The molecular formula is C24H30N4O3S. The fraction of sp³-hybridized carbons (Fsp3) is 0.333. The van der Waals surface area contributed by atoms with E-state index in [1.54, 1.807) is 39.1 Å². The second-order valence-electron chi connectivity index (χ2n) is 8.30. The minimum atomic E-state index is -4.03. The van der Waals surface area contributed by atoms with Crippen LogP contribution in [0.2, 0.25) is 0 Å². The molecule has 0 fully saturated rings. The molecule has 32 heavy (non-hydrogen) atoms. The number of aromatic nitrogens is 2. The first-order valence-electron chi connectivity index (χ1n) is 10.5. The fourth-order valence-corrected chi connectivity index (χ4v) is 5.46. The van der Waals surface area contributed by atoms with Gasteiger partial charge in [-0.1, -0.05) is 38.1 Å². The van der Waals surface area contributed by atoms with Gasteiger partial charge in [-0.2, -0.15) is 5.10 Å². The fourth-order valence-electron chi connectivity index (χ4n) is 3.63. The van der Waals surface area contributed by atoms with Gasteiger partial charge in [0.25, 0.3) is 10.0 Å².